The second kappa shape index (κ2) is 16.1. The fourth-order valence-electron chi connectivity index (χ4n) is 8.90. The SMILES string of the molecule is CC1(C)C(/C=C2/C(=O)C(/C=C3/Nc4ccc5c(C(=O)OCCCc6ccccc6)cccc5c4C3(C)C)=C2[O-])=Nc2cc3cc(C(=O)OCCCc4ccccc4)ccc3cc21. The lowest BCUT2D eigenvalue weighted by Crippen LogP contribution is -2.33. The van der Waals surface area contributed by atoms with E-state index in [2.05, 4.69) is 35.6 Å². The van der Waals surface area contributed by atoms with Gasteiger partial charge in [0.2, 0.25) is 0 Å². The van der Waals surface area contributed by atoms with Gasteiger partial charge in [0.25, 0.3) is 0 Å². The molecule has 2 aliphatic heterocycles. The molecule has 0 spiro atoms. The highest BCUT2D eigenvalue weighted by atomic mass is 16.5. The van der Waals surface area contributed by atoms with E-state index in [0.717, 1.165) is 75.4 Å². The van der Waals surface area contributed by atoms with E-state index < -0.39 is 10.8 Å². The normalized spacial score (nSPS) is 17.2. The van der Waals surface area contributed by atoms with Crippen molar-refractivity contribution >= 4 is 56.4 Å². The molecule has 310 valence electrons. The van der Waals surface area contributed by atoms with Crippen LogP contribution in [0.25, 0.3) is 21.5 Å². The van der Waals surface area contributed by atoms with Gasteiger partial charge in [0.15, 0.2) is 5.78 Å². The summed E-state index contributed by atoms with van der Waals surface area (Å²) >= 11 is 0. The van der Waals surface area contributed by atoms with Crippen LogP contribution in [0, 0.1) is 0 Å². The Bertz CT molecular complexity index is 2940. The Morgan fingerprint density at radius 3 is 2.05 bits per heavy atom. The molecule has 6 aromatic carbocycles. The van der Waals surface area contributed by atoms with Gasteiger partial charge in [0.1, 0.15) is 0 Å². The zero-order chi connectivity index (χ0) is 43.2. The zero-order valence-electron chi connectivity index (χ0n) is 35.3. The molecule has 1 aliphatic carbocycles. The smallest absolute Gasteiger partial charge is 0.338 e. The Hall–Kier alpha value is -7.06. The fourth-order valence-corrected chi connectivity index (χ4v) is 8.90. The van der Waals surface area contributed by atoms with Gasteiger partial charge in [-0.05, 0) is 118 Å². The van der Waals surface area contributed by atoms with Crippen molar-refractivity contribution in [2.24, 2.45) is 4.99 Å². The van der Waals surface area contributed by atoms with Gasteiger partial charge in [-0.2, -0.15) is 0 Å². The predicted octanol–water partition coefficient (Wildman–Crippen LogP) is 10.3. The van der Waals surface area contributed by atoms with Crippen LogP contribution in [-0.4, -0.2) is 36.6 Å². The number of aryl methyl sites for hydroxylation is 2. The van der Waals surface area contributed by atoms with E-state index in [-0.39, 0.29) is 34.6 Å². The van der Waals surface area contributed by atoms with E-state index in [1.165, 1.54) is 11.1 Å². The predicted molar refractivity (Wildman–Crippen MR) is 243 cm³/mol. The van der Waals surface area contributed by atoms with E-state index in [1.807, 2.05) is 107 Å². The molecule has 2 heterocycles. The van der Waals surface area contributed by atoms with E-state index >= 15 is 0 Å². The molecule has 0 aromatic heterocycles. The highest BCUT2D eigenvalue weighted by Crippen LogP contribution is 2.49. The number of benzene rings is 6. The van der Waals surface area contributed by atoms with Crippen molar-refractivity contribution < 1.29 is 29.0 Å². The Morgan fingerprint density at radius 1 is 0.694 bits per heavy atom. The van der Waals surface area contributed by atoms with Crippen LogP contribution in [0.5, 0.6) is 0 Å². The van der Waals surface area contributed by atoms with Crippen molar-refractivity contribution in [3.8, 4) is 0 Å². The summed E-state index contributed by atoms with van der Waals surface area (Å²) in [6.45, 7) is 8.81. The summed E-state index contributed by atoms with van der Waals surface area (Å²) in [5.41, 5.74) is 7.27. The molecular formula is C54H47N2O6-. The molecule has 9 rings (SSSR count). The summed E-state index contributed by atoms with van der Waals surface area (Å²) in [6, 6.07) is 39.3. The molecule has 3 aliphatic rings. The fraction of sp³-hybridized carbons (Fsp3) is 0.222. The molecule has 0 radical (unpaired) electrons. The van der Waals surface area contributed by atoms with Crippen LogP contribution in [0.4, 0.5) is 11.4 Å². The van der Waals surface area contributed by atoms with Crippen LogP contribution < -0.4 is 10.4 Å². The van der Waals surface area contributed by atoms with Gasteiger partial charge < -0.3 is 19.9 Å². The molecule has 0 atom stereocenters. The molecule has 0 amide bonds. The molecule has 62 heavy (non-hydrogen) atoms. The summed E-state index contributed by atoms with van der Waals surface area (Å²) in [5.74, 6) is -1.40. The number of rotatable bonds is 12. The summed E-state index contributed by atoms with van der Waals surface area (Å²) in [7, 11) is 0. The monoisotopic (exact) mass is 819 g/mol. The van der Waals surface area contributed by atoms with Crippen molar-refractivity contribution in [1.82, 2.24) is 0 Å². The third kappa shape index (κ3) is 7.40. The number of carbonyl (C=O) groups is 3. The van der Waals surface area contributed by atoms with Gasteiger partial charge in [0, 0.05) is 33.4 Å². The minimum Gasteiger partial charge on any atom is -0.871 e. The van der Waals surface area contributed by atoms with E-state index in [1.54, 1.807) is 24.3 Å². The minimum atomic E-state index is -0.611. The lowest BCUT2D eigenvalue weighted by Gasteiger charge is -2.31. The first-order valence-corrected chi connectivity index (χ1v) is 21.2. The third-order valence-corrected chi connectivity index (χ3v) is 12.5. The first-order valence-electron chi connectivity index (χ1n) is 21.2. The second-order valence-electron chi connectivity index (χ2n) is 17.3. The minimum absolute atomic E-state index is 0.101. The van der Waals surface area contributed by atoms with E-state index in [4.69, 9.17) is 14.5 Å². The number of carbonyl (C=O) groups excluding carboxylic acids is 3. The molecule has 0 fully saturated rings. The number of anilines is 1. The number of Topliss-reactive ketones (excluding diaryl/α,β-unsaturated/α-hetero) is 1. The Morgan fingerprint density at radius 2 is 1.37 bits per heavy atom. The Balaban J connectivity index is 0.908. The van der Waals surface area contributed by atoms with Gasteiger partial charge in [0.05, 0.1) is 35.7 Å². The largest absolute Gasteiger partial charge is 0.871 e. The highest BCUT2D eigenvalue weighted by Gasteiger charge is 2.40. The van der Waals surface area contributed by atoms with Crippen LogP contribution in [0.3, 0.4) is 0 Å². The second-order valence-corrected chi connectivity index (χ2v) is 17.3. The highest BCUT2D eigenvalue weighted by molar-refractivity contribution is 6.25. The van der Waals surface area contributed by atoms with Crippen LogP contribution in [0.1, 0.15) is 83.5 Å². The number of nitrogens with one attached hydrogen (secondary N) is 1. The Kier molecular flexibility index (Phi) is 10.5. The van der Waals surface area contributed by atoms with Crippen LogP contribution in [-0.2, 0) is 37.9 Å². The van der Waals surface area contributed by atoms with Crippen LogP contribution >= 0.6 is 0 Å². The first kappa shape index (κ1) is 40.4. The Labute approximate surface area is 361 Å². The molecule has 8 heteroatoms. The lowest BCUT2D eigenvalue weighted by atomic mass is 9.77. The molecule has 0 bridgehead atoms. The van der Waals surface area contributed by atoms with Gasteiger partial charge in [-0.15, -0.1) is 0 Å². The van der Waals surface area contributed by atoms with Crippen LogP contribution in [0.15, 0.2) is 161 Å². The number of hydrogen-bond donors (Lipinski definition) is 1. The summed E-state index contributed by atoms with van der Waals surface area (Å²) in [5, 5.41) is 20.7. The quantitative estimate of drug-likeness (QED) is 0.0742. The molecule has 1 N–H and O–H groups in total. The molecule has 8 nitrogen and oxygen atoms in total. The van der Waals surface area contributed by atoms with Crippen LogP contribution in [0.2, 0.25) is 0 Å². The number of fused-ring (bicyclic) bond motifs is 5. The molecule has 6 aromatic rings. The van der Waals surface area contributed by atoms with Gasteiger partial charge in [-0.3, -0.25) is 9.79 Å². The van der Waals surface area contributed by atoms with Crippen molar-refractivity contribution in [3.05, 3.63) is 189 Å². The summed E-state index contributed by atoms with van der Waals surface area (Å²) < 4.78 is 11.3. The number of hydrogen-bond acceptors (Lipinski definition) is 8. The van der Waals surface area contributed by atoms with Gasteiger partial charge in [-0.25, -0.2) is 9.59 Å². The topological polar surface area (TPSA) is 117 Å². The third-order valence-electron chi connectivity index (χ3n) is 12.5. The molecule has 0 unspecified atom stereocenters. The van der Waals surface area contributed by atoms with Crippen molar-refractivity contribution in [1.29, 1.82) is 0 Å². The molecular weight excluding hydrogens is 773 g/mol. The maximum atomic E-state index is 13.7. The van der Waals surface area contributed by atoms with Crippen molar-refractivity contribution in [2.45, 2.75) is 64.2 Å². The number of nitrogens with zero attached hydrogens (tertiary/aromatic N) is 1. The number of allylic oxidation sites excluding steroid dienone is 5. The summed E-state index contributed by atoms with van der Waals surface area (Å²) in [4.78, 5) is 44.9. The maximum absolute atomic E-state index is 13.7. The van der Waals surface area contributed by atoms with Gasteiger partial charge >= 0.3 is 11.9 Å². The molecule has 0 saturated heterocycles. The number of esters is 2. The standard InChI is InChI=1S/C54H48N2O6/c1-53(2)43-29-35-22-23-36(51(59)61-26-12-18-33-14-7-5-8-15-33)28-37(35)30-45(43)56-46(53)31-41-49(57)42(50(41)58)32-47-54(3,4)48-39-20-11-21-40(38(39)24-25-44(48)55-47)52(60)62-27-13-19-34-16-9-6-10-17-34/h5-11,14-17,20-25,28-32,55,57H,12-13,18-19,26-27H2,1-4H3/p-1/b41-31+,47-32+. The van der Waals surface area contributed by atoms with E-state index in [9.17, 15) is 19.5 Å². The number of aliphatic imine (C=N–C) groups is 1. The lowest BCUT2D eigenvalue weighted by molar-refractivity contribution is -0.300. The maximum Gasteiger partial charge on any atom is 0.338 e. The number of ketones is 1. The first-order chi connectivity index (χ1) is 29.9. The average Bonchev–Trinajstić information content (AvgIpc) is 3.69. The van der Waals surface area contributed by atoms with E-state index in [0.29, 0.717) is 30.1 Å². The molecule has 0 saturated carbocycles. The average molecular weight is 820 g/mol. The van der Waals surface area contributed by atoms with Crippen molar-refractivity contribution in [3.63, 3.8) is 0 Å². The number of ether oxygens (including phenoxy) is 2. The summed E-state index contributed by atoms with van der Waals surface area (Å²) in [6.07, 6.45) is 6.43. The van der Waals surface area contributed by atoms with Gasteiger partial charge in [-0.1, -0.05) is 118 Å². The van der Waals surface area contributed by atoms with Crippen molar-refractivity contribution in [2.75, 3.05) is 18.5 Å². The zero-order valence-corrected chi connectivity index (χ0v) is 35.3.